The Balaban J connectivity index is 1.61. The van der Waals surface area contributed by atoms with Crippen LogP contribution in [0.2, 0.25) is 5.02 Å². The van der Waals surface area contributed by atoms with Gasteiger partial charge in [-0.25, -0.2) is 4.39 Å². The fourth-order valence-electron chi connectivity index (χ4n) is 3.60. The number of aliphatic hydroxyl groups excluding tert-OH is 1. The minimum absolute atomic E-state index is 0.163. The molecule has 6 heteroatoms. The predicted molar refractivity (Wildman–Crippen MR) is 85.9 cm³/mol. The first-order valence-electron chi connectivity index (χ1n) is 8.00. The van der Waals surface area contributed by atoms with Crippen molar-refractivity contribution in [2.75, 3.05) is 19.7 Å². The van der Waals surface area contributed by atoms with Gasteiger partial charge in [-0.15, -0.1) is 0 Å². The maximum atomic E-state index is 13.8. The number of hydrogen-bond acceptors (Lipinski definition) is 4. The molecule has 0 unspecified atom stereocenters. The summed E-state index contributed by atoms with van der Waals surface area (Å²) in [6.07, 6.45) is 1.11. The number of nitrogens with zero attached hydrogens (tertiary/aromatic N) is 1. The van der Waals surface area contributed by atoms with Crippen LogP contribution < -0.4 is 0 Å². The molecular formula is C17H23ClFNO3. The Hall–Kier alpha value is -0.720. The van der Waals surface area contributed by atoms with E-state index in [1.54, 1.807) is 19.1 Å². The van der Waals surface area contributed by atoms with Crippen LogP contribution in [-0.4, -0.2) is 52.1 Å². The van der Waals surface area contributed by atoms with E-state index in [0.717, 1.165) is 25.9 Å². The minimum Gasteiger partial charge on any atom is -0.388 e. The van der Waals surface area contributed by atoms with Gasteiger partial charge in [-0.05, 0) is 38.0 Å². The average molecular weight is 344 g/mol. The summed E-state index contributed by atoms with van der Waals surface area (Å²) in [7, 11) is 0. The van der Waals surface area contributed by atoms with Gasteiger partial charge in [0, 0.05) is 36.6 Å². The molecule has 2 atom stereocenters. The fraction of sp³-hybridized carbons (Fsp3) is 0.647. The first-order valence-corrected chi connectivity index (χ1v) is 8.38. The lowest BCUT2D eigenvalue weighted by molar-refractivity contribution is -0.223. The molecule has 2 fully saturated rings. The number of hydrogen-bond donors (Lipinski definition) is 2. The van der Waals surface area contributed by atoms with Crippen LogP contribution in [0.25, 0.3) is 0 Å². The van der Waals surface area contributed by atoms with Crippen molar-refractivity contribution in [3.63, 3.8) is 0 Å². The Morgan fingerprint density at radius 3 is 2.74 bits per heavy atom. The van der Waals surface area contributed by atoms with Crippen molar-refractivity contribution in [3.05, 3.63) is 34.6 Å². The zero-order valence-corrected chi connectivity index (χ0v) is 14.0. The van der Waals surface area contributed by atoms with Gasteiger partial charge in [-0.2, -0.15) is 0 Å². The molecular weight excluding hydrogens is 321 g/mol. The largest absolute Gasteiger partial charge is 0.388 e. The van der Waals surface area contributed by atoms with E-state index in [-0.39, 0.29) is 18.0 Å². The summed E-state index contributed by atoms with van der Waals surface area (Å²) in [5.74, 6) is -0.241. The lowest BCUT2D eigenvalue weighted by Crippen LogP contribution is -2.59. The van der Waals surface area contributed by atoms with Crippen molar-refractivity contribution >= 4 is 11.6 Å². The zero-order valence-electron chi connectivity index (χ0n) is 13.3. The normalized spacial score (nSPS) is 31.4. The molecule has 0 radical (unpaired) electrons. The standard InChI is InChI=1S/C17H23ClFNO3/c1-16(22)11-17(23-10-15(16)21)4-6-20(7-5-17)9-12-8-13(18)2-3-14(12)19/h2-3,8,15,21-22H,4-7,9-11H2,1H3/t15-,16-/m0/s1. The predicted octanol–water partition coefficient (Wildman–Crippen LogP) is 2.35. The van der Waals surface area contributed by atoms with Crippen molar-refractivity contribution in [2.24, 2.45) is 0 Å². The first kappa shape index (κ1) is 17.1. The fourth-order valence-corrected chi connectivity index (χ4v) is 3.80. The molecule has 2 aliphatic heterocycles. The second-order valence-corrected chi connectivity index (χ2v) is 7.49. The second-order valence-electron chi connectivity index (χ2n) is 7.06. The monoisotopic (exact) mass is 343 g/mol. The van der Waals surface area contributed by atoms with Crippen LogP contribution in [0, 0.1) is 5.82 Å². The van der Waals surface area contributed by atoms with E-state index in [1.165, 1.54) is 6.07 Å². The molecule has 2 N–H and O–H groups in total. The minimum atomic E-state index is -1.11. The van der Waals surface area contributed by atoms with Crippen LogP contribution in [0.3, 0.4) is 0 Å². The maximum absolute atomic E-state index is 13.8. The van der Waals surface area contributed by atoms with E-state index in [2.05, 4.69) is 4.90 Å². The van der Waals surface area contributed by atoms with Crippen LogP contribution in [0.1, 0.15) is 31.7 Å². The molecule has 0 amide bonds. The third-order valence-corrected chi connectivity index (χ3v) is 5.35. The number of ether oxygens (including phenoxy) is 1. The van der Waals surface area contributed by atoms with Crippen molar-refractivity contribution in [2.45, 2.75) is 50.0 Å². The Morgan fingerprint density at radius 2 is 2.09 bits per heavy atom. The van der Waals surface area contributed by atoms with Gasteiger partial charge < -0.3 is 14.9 Å². The lowest BCUT2D eigenvalue weighted by atomic mass is 9.76. The van der Waals surface area contributed by atoms with E-state index in [1.807, 2.05) is 0 Å². The van der Waals surface area contributed by atoms with E-state index < -0.39 is 11.7 Å². The Kier molecular flexibility index (Phi) is 4.69. The molecule has 2 aliphatic rings. The molecule has 2 saturated heterocycles. The summed E-state index contributed by atoms with van der Waals surface area (Å²) >= 11 is 5.94. The van der Waals surface area contributed by atoms with Crippen molar-refractivity contribution < 1.29 is 19.3 Å². The highest BCUT2D eigenvalue weighted by Crippen LogP contribution is 2.39. The lowest BCUT2D eigenvalue weighted by Gasteiger charge is -2.50. The van der Waals surface area contributed by atoms with Crippen LogP contribution in [0.15, 0.2) is 18.2 Å². The maximum Gasteiger partial charge on any atom is 0.127 e. The molecule has 0 aromatic heterocycles. The third-order valence-electron chi connectivity index (χ3n) is 5.11. The molecule has 3 rings (SSSR count). The highest BCUT2D eigenvalue weighted by Gasteiger charge is 2.48. The highest BCUT2D eigenvalue weighted by molar-refractivity contribution is 6.30. The van der Waals surface area contributed by atoms with Crippen LogP contribution in [-0.2, 0) is 11.3 Å². The van der Waals surface area contributed by atoms with E-state index in [0.29, 0.717) is 23.6 Å². The quantitative estimate of drug-likeness (QED) is 0.865. The number of benzene rings is 1. The smallest absolute Gasteiger partial charge is 0.127 e. The molecule has 1 spiro atoms. The zero-order chi connectivity index (χ0) is 16.7. The number of halogens is 2. The number of piperidine rings is 1. The summed E-state index contributed by atoms with van der Waals surface area (Å²) in [6.45, 7) is 3.86. The van der Waals surface area contributed by atoms with Gasteiger partial charge in [0.15, 0.2) is 0 Å². The van der Waals surface area contributed by atoms with Gasteiger partial charge in [0.25, 0.3) is 0 Å². The SMILES string of the molecule is C[C@]1(O)CC2(CCN(Cc3cc(Cl)ccc3F)CC2)OC[C@@H]1O. The van der Waals surface area contributed by atoms with E-state index >= 15 is 0 Å². The second kappa shape index (κ2) is 6.30. The Bertz CT molecular complexity index is 573. The molecule has 1 aromatic carbocycles. The van der Waals surface area contributed by atoms with Gasteiger partial charge in [0.05, 0.1) is 17.8 Å². The number of aliphatic hydroxyl groups is 2. The van der Waals surface area contributed by atoms with Crippen molar-refractivity contribution in [1.29, 1.82) is 0 Å². The summed E-state index contributed by atoms with van der Waals surface area (Å²) in [5, 5.41) is 20.7. The topological polar surface area (TPSA) is 52.9 Å². The summed E-state index contributed by atoms with van der Waals surface area (Å²) < 4.78 is 19.7. The molecule has 1 aromatic rings. The number of rotatable bonds is 2. The summed E-state index contributed by atoms with van der Waals surface area (Å²) in [5.41, 5.74) is -0.897. The average Bonchev–Trinajstić information content (AvgIpc) is 2.49. The first-order chi connectivity index (χ1) is 10.8. The third kappa shape index (κ3) is 3.69. The van der Waals surface area contributed by atoms with Gasteiger partial charge in [0.1, 0.15) is 11.9 Å². The van der Waals surface area contributed by atoms with Gasteiger partial charge in [0.2, 0.25) is 0 Å². The number of likely N-dealkylation sites (tertiary alicyclic amines) is 1. The molecule has 128 valence electrons. The molecule has 2 heterocycles. The molecule has 0 bridgehead atoms. The van der Waals surface area contributed by atoms with Gasteiger partial charge in [-0.1, -0.05) is 11.6 Å². The molecule has 0 saturated carbocycles. The summed E-state index contributed by atoms with van der Waals surface area (Å²) in [4.78, 5) is 2.17. The summed E-state index contributed by atoms with van der Waals surface area (Å²) in [6, 6.07) is 4.61. The van der Waals surface area contributed by atoms with Crippen LogP contribution >= 0.6 is 11.6 Å². The highest BCUT2D eigenvalue weighted by atomic mass is 35.5. The van der Waals surface area contributed by atoms with Crippen LogP contribution in [0.4, 0.5) is 4.39 Å². The Labute approximate surface area is 140 Å². The Morgan fingerprint density at radius 1 is 1.39 bits per heavy atom. The molecule has 0 aliphatic carbocycles. The van der Waals surface area contributed by atoms with Crippen molar-refractivity contribution in [3.8, 4) is 0 Å². The van der Waals surface area contributed by atoms with Gasteiger partial charge >= 0.3 is 0 Å². The van der Waals surface area contributed by atoms with E-state index in [4.69, 9.17) is 16.3 Å². The van der Waals surface area contributed by atoms with Gasteiger partial charge in [-0.3, -0.25) is 4.90 Å². The molecule has 23 heavy (non-hydrogen) atoms. The van der Waals surface area contributed by atoms with Crippen molar-refractivity contribution in [1.82, 2.24) is 4.90 Å². The van der Waals surface area contributed by atoms with Crippen LogP contribution in [0.5, 0.6) is 0 Å². The molecule has 4 nitrogen and oxygen atoms in total. The van der Waals surface area contributed by atoms with E-state index in [9.17, 15) is 14.6 Å².